The average molecular weight is 298 g/mol. The van der Waals surface area contributed by atoms with E-state index >= 15 is 0 Å². The van der Waals surface area contributed by atoms with Gasteiger partial charge in [0.1, 0.15) is 0 Å². The van der Waals surface area contributed by atoms with E-state index in [1.807, 2.05) is 24.1 Å². The molecule has 4 heteroatoms. The van der Waals surface area contributed by atoms with E-state index in [0.717, 1.165) is 32.2 Å². The van der Waals surface area contributed by atoms with Crippen molar-refractivity contribution in [1.29, 1.82) is 0 Å². The summed E-state index contributed by atoms with van der Waals surface area (Å²) in [6.45, 7) is 0.836. The first-order chi connectivity index (χ1) is 9.22. The number of hydrogen-bond acceptors (Lipinski definition) is 2. The predicted molar refractivity (Wildman–Crippen MR) is 82.0 cm³/mol. The van der Waals surface area contributed by atoms with Crippen LogP contribution in [0, 0.1) is 0 Å². The van der Waals surface area contributed by atoms with Gasteiger partial charge in [0.25, 0.3) is 0 Å². The van der Waals surface area contributed by atoms with Gasteiger partial charge in [-0.25, -0.2) is 0 Å². The molecule has 2 nitrogen and oxygen atoms in total. The summed E-state index contributed by atoms with van der Waals surface area (Å²) in [7, 11) is 1.91. The van der Waals surface area contributed by atoms with Crippen molar-refractivity contribution in [2.45, 2.75) is 35.8 Å². The maximum atomic E-state index is 12.4. The van der Waals surface area contributed by atoms with Gasteiger partial charge in [-0.05, 0) is 30.9 Å². The zero-order valence-electron chi connectivity index (χ0n) is 11.3. The van der Waals surface area contributed by atoms with Gasteiger partial charge >= 0.3 is 0 Å². The summed E-state index contributed by atoms with van der Waals surface area (Å²) in [6, 6.07) is 8.31. The van der Waals surface area contributed by atoms with E-state index in [2.05, 4.69) is 12.1 Å². The third kappa shape index (κ3) is 3.90. The number of rotatable bonds is 6. The number of carbonyl (C=O) groups is 1. The Labute approximate surface area is 124 Å². The molecule has 0 spiro atoms. The van der Waals surface area contributed by atoms with Crippen LogP contribution in [0.1, 0.15) is 24.8 Å². The van der Waals surface area contributed by atoms with Crippen LogP contribution in [-0.4, -0.2) is 35.5 Å². The van der Waals surface area contributed by atoms with E-state index in [-0.39, 0.29) is 11.2 Å². The Morgan fingerprint density at radius 1 is 1.37 bits per heavy atom. The molecule has 1 heterocycles. The molecule has 2 rings (SSSR count). The van der Waals surface area contributed by atoms with Gasteiger partial charge in [-0.2, -0.15) is 0 Å². The number of benzene rings is 1. The number of thioether (sulfide) groups is 1. The van der Waals surface area contributed by atoms with Crippen molar-refractivity contribution in [2.75, 3.05) is 19.5 Å². The second kappa shape index (κ2) is 7.20. The second-order valence-electron chi connectivity index (χ2n) is 4.93. The minimum absolute atomic E-state index is 0.0652. The van der Waals surface area contributed by atoms with Crippen LogP contribution in [0.25, 0.3) is 0 Å². The number of fused-ring (bicyclic) bond motifs is 1. The van der Waals surface area contributed by atoms with Crippen LogP contribution < -0.4 is 0 Å². The van der Waals surface area contributed by atoms with Crippen LogP contribution in [0.3, 0.4) is 0 Å². The summed E-state index contributed by atoms with van der Waals surface area (Å²) in [5.74, 6) is 0.970. The molecule has 1 aliphatic heterocycles. The molecule has 0 bridgehead atoms. The standard InChI is InChI=1S/C15H20ClNOS/c1-17(10-6-2-5-9-16)15(18)14-11-12-7-3-4-8-13(12)19-14/h3-4,7-8,14H,2,5-6,9-11H2,1H3. The smallest absolute Gasteiger partial charge is 0.236 e. The van der Waals surface area contributed by atoms with Gasteiger partial charge in [-0.3, -0.25) is 4.79 Å². The van der Waals surface area contributed by atoms with Crippen molar-refractivity contribution < 1.29 is 4.79 Å². The van der Waals surface area contributed by atoms with Gasteiger partial charge in [0.15, 0.2) is 0 Å². The van der Waals surface area contributed by atoms with Crippen molar-refractivity contribution in [2.24, 2.45) is 0 Å². The van der Waals surface area contributed by atoms with Crippen molar-refractivity contribution >= 4 is 29.3 Å². The molecule has 1 atom stereocenters. The Hall–Kier alpha value is -0.670. The van der Waals surface area contributed by atoms with Crippen LogP contribution in [-0.2, 0) is 11.2 Å². The van der Waals surface area contributed by atoms with E-state index in [1.165, 1.54) is 10.5 Å². The zero-order chi connectivity index (χ0) is 13.7. The number of carbonyl (C=O) groups excluding carboxylic acids is 1. The molecule has 0 radical (unpaired) electrons. The number of alkyl halides is 1. The molecule has 1 aromatic carbocycles. The number of amides is 1. The molecule has 1 amide bonds. The minimum Gasteiger partial charge on any atom is -0.345 e. The lowest BCUT2D eigenvalue weighted by Crippen LogP contribution is -2.35. The molecular formula is C15H20ClNOS. The molecular weight excluding hydrogens is 278 g/mol. The number of unbranched alkanes of at least 4 members (excludes halogenated alkanes) is 2. The van der Waals surface area contributed by atoms with Crippen molar-refractivity contribution in [3.8, 4) is 0 Å². The molecule has 104 valence electrons. The molecule has 0 fully saturated rings. The first-order valence-corrected chi connectivity index (χ1v) is 8.19. The Morgan fingerprint density at radius 3 is 2.89 bits per heavy atom. The number of halogens is 1. The van der Waals surface area contributed by atoms with E-state index in [9.17, 15) is 4.79 Å². The van der Waals surface area contributed by atoms with Gasteiger partial charge in [-0.1, -0.05) is 24.6 Å². The van der Waals surface area contributed by atoms with Crippen LogP contribution in [0.5, 0.6) is 0 Å². The maximum Gasteiger partial charge on any atom is 0.236 e. The Morgan fingerprint density at radius 2 is 2.16 bits per heavy atom. The molecule has 1 aliphatic rings. The van der Waals surface area contributed by atoms with Crippen LogP contribution in [0.4, 0.5) is 0 Å². The number of hydrogen-bond donors (Lipinski definition) is 0. The molecule has 0 aromatic heterocycles. The molecule has 0 saturated carbocycles. The van der Waals surface area contributed by atoms with E-state index < -0.39 is 0 Å². The zero-order valence-corrected chi connectivity index (χ0v) is 12.8. The van der Waals surface area contributed by atoms with Gasteiger partial charge in [0.2, 0.25) is 5.91 Å². The Bertz CT molecular complexity index is 413. The molecule has 1 aromatic rings. The van der Waals surface area contributed by atoms with Gasteiger partial charge in [0, 0.05) is 24.4 Å². The normalized spacial score (nSPS) is 17.3. The first-order valence-electron chi connectivity index (χ1n) is 6.78. The Kier molecular flexibility index (Phi) is 5.59. The molecule has 19 heavy (non-hydrogen) atoms. The average Bonchev–Trinajstić information content (AvgIpc) is 2.86. The lowest BCUT2D eigenvalue weighted by atomic mass is 10.1. The summed E-state index contributed by atoms with van der Waals surface area (Å²) < 4.78 is 0. The monoisotopic (exact) mass is 297 g/mol. The van der Waals surface area contributed by atoms with Gasteiger partial charge in [0.05, 0.1) is 5.25 Å². The summed E-state index contributed by atoms with van der Waals surface area (Å²) in [5.41, 5.74) is 1.31. The lowest BCUT2D eigenvalue weighted by Gasteiger charge is -2.20. The van der Waals surface area contributed by atoms with Crippen molar-refractivity contribution in [1.82, 2.24) is 4.90 Å². The highest BCUT2D eigenvalue weighted by molar-refractivity contribution is 8.01. The van der Waals surface area contributed by atoms with Crippen molar-refractivity contribution in [3.05, 3.63) is 29.8 Å². The van der Waals surface area contributed by atoms with E-state index in [0.29, 0.717) is 5.88 Å². The largest absolute Gasteiger partial charge is 0.345 e. The molecule has 0 saturated heterocycles. The molecule has 0 N–H and O–H groups in total. The van der Waals surface area contributed by atoms with E-state index in [1.54, 1.807) is 11.8 Å². The van der Waals surface area contributed by atoms with E-state index in [4.69, 9.17) is 11.6 Å². The fraction of sp³-hybridized carbons (Fsp3) is 0.533. The summed E-state index contributed by atoms with van der Waals surface area (Å²) in [4.78, 5) is 15.5. The van der Waals surface area contributed by atoms with Gasteiger partial charge < -0.3 is 4.90 Å². The summed E-state index contributed by atoms with van der Waals surface area (Å²) in [5, 5.41) is 0.0652. The predicted octanol–water partition coefficient (Wildman–Crippen LogP) is 3.57. The summed E-state index contributed by atoms with van der Waals surface area (Å²) >= 11 is 7.35. The SMILES string of the molecule is CN(CCCCCCl)C(=O)C1Cc2ccccc2S1. The highest BCUT2D eigenvalue weighted by atomic mass is 35.5. The van der Waals surface area contributed by atoms with Gasteiger partial charge in [-0.15, -0.1) is 23.4 Å². The van der Waals surface area contributed by atoms with Crippen LogP contribution in [0.15, 0.2) is 29.2 Å². The topological polar surface area (TPSA) is 20.3 Å². The maximum absolute atomic E-state index is 12.4. The highest BCUT2D eigenvalue weighted by Gasteiger charge is 2.29. The third-order valence-corrected chi connectivity index (χ3v) is 5.00. The fourth-order valence-electron chi connectivity index (χ4n) is 2.30. The van der Waals surface area contributed by atoms with Crippen LogP contribution >= 0.6 is 23.4 Å². The highest BCUT2D eigenvalue weighted by Crippen LogP contribution is 2.37. The summed E-state index contributed by atoms with van der Waals surface area (Å²) in [6.07, 6.45) is 4.04. The lowest BCUT2D eigenvalue weighted by molar-refractivity contribution is -0.129. The quantitative estimate of drug-likeness (QED) is 0.591. The third-order valence-electron chi connectivity index (χ3n) is 3.43. The Balaban J connectivity index is 1.81. The second-order valence-corrected chi connectivity index (χ2v) is 6.55. The van der Waals surface area contributed by atoms with Crippen molar-refractivity contribution in [3.63, 3.8) is 0 Å². The molecule has 1 unspecified atom stereocenters. The first kappa shape index (κ1) is 14.7. The number of nitrogens with zero attached hydrogens (tertiary/aromatic N) is 1. The van der Waals surface area contributed by atoms with Crippen LogP contribution in [0.2, 0.25) is 0 Å². The molecule has 0 aliphatic carbocycles. The fourth-order valence-corrected chi connectivity index (χ4v) is 3.80. The minimum atomic E-state index is 0.0652.